The van der Waals surface area contributed by atoms with Gasteiger partial charge in [-0.2, -0.15) is 0 Å². The molecule has 1 rings (SSSR count). The Labute approximate surface area is 86.5 Å². The normalized spacial score (nSPS) is 17.6. The molecular weight excluding hydrogens is 200 g/mol. The average Bonchev–Trinajstić information content (AvgIpc) is 2.94. The molecule has 0 spiro atoms. The highest BCUT2D eigenvalue weighted by Gasteiger charge is 2.39. The monoisotopic (exact) mass is 220 g/mol. The van der Waals surface area contributed by atoms with Crippen LogP contribution in [-0.4, -0.2) is 37.6 Å². The lowest BCUT2D eigenvalue weighted by Gasteiger charge is -2.20. The van der Waals surface area contributed by atoms with Gasteiger partial charge in [-0.3, -0.25) is 0 Å². The fourth-order valence-corrected chi connectivity index (χ4v) is 3.32. The molecule has 0 saturated heterocycles. The van der Waals surface area contributed by atoms with Gasteiger partial charge in [-0.1, -0.05) is 13.3 Å². The number of unbranched alkanes of at least 4 members (excludes halogenated alkanes) is 1. The van der Waals surface area contributed by atoms with E-state index in [9.17, 15) is 8.42 Å². The van der Waals surface area contributed by atoms with E-state index < -0.39 is 10.0 Å². The minimum absolute atomic E-state index is 0.106. The first-order chi connectivity index (χ1) is 6.62. The largest absolute Gasteiger partial charge is 0.329 e. The molecular formula is C9H20N2O2S. The van der Waals surface area contributed by atoms with Gasteiger partial charge in [0.25, 0.3) is 0 Å². The zero-order chi connectivity index (χ0) is 10.6. The van der Waals surface area contributed by atoms with Crippen molar-refractivity contribution in [3.8, 4) is 0 Å². The fourth-order valence-electron chi connectivity index (χ4n) is 1.42. The van der Waals surface area contributed by atoms with E-state index >= 15 is 0 Å². The minimum Gasteiger partial charge on any atom is -0.329 e. The summed E-state index contributed by atoms with van der Waals surface area (Å²) in [5, 5.41) is -0.106. The second kappa shape index (κ2) is 5.09. The highest BCUT2D eigenvalue weighted by Crippen LogP contribution is 2.30. The van der Waals surface area contributed by atoms with E-state index in [4.69, 9.17) is 5.73 Å². The third kappa shape index (κ3) is 2.93. The second-order valence-corrected chi connectivity index (χ2v) is 6.00. The minimum atomic E-state index is -3.01. The van der Waals surface area contributed by atoms with Crippen LogP contribution in [0.1, 0.15) is 32.6 Å². The predicted molar refractivity (Wildman–Crippen MR) is 57.5 cm³/mol. The summed E-state index contributed by atoms with van der Waals surface area (Å²) in [5.41, 5.74) is 5.41. The van der Waals surface area contributed by atoms with Gasteiger partial charge >= 0.3 is 0 Å². The van der Waals surface area contributed by atoms with E-state index in [2.05, 4.69) is 6.92 Å². The lowest BCUT2D eigenvalue weighted by atomic mass is 10.3. The Morgan fingerprint density at radius 1 is 1.36 bits per heavy atom. The van der Waals surface area contributed by atoms with Crippen LogP contribution in [0, 0.1) is 0 Å². The lowest BCUT2D eigenvalue weighted by molar-refractivity contribution is 0.409. The molecule has 5 heteroatoms. The van der Waals surface area contributed by atoms with Gasteiger partial charge in [0, 0.05) is 19.6 Å². The van der Waals surface area contributed by atoms with E-state index in [-0.39, 0.29) is 5.25 Å². The fraction of sp³-hybridized carbons (Fsp3) is 1.00. The molecule has 0 heterocycles. The Hall–Kier alpha value is -0.130. The highest BCUT2D eigenvalue weighted by molar-refractivity contribution is 7.90. The molecule has 0 bridgehead atoms. The Kier molecular flexibility index (Phi) is 4.34. The first-order valence-electron chi connectivity index (χ1n) is 5.32. The number of hydrogen-bond donors (Lipinski definition) is 1. The van der Waals surface area contributed by atoms with Crippen molar-refractivity contribution in [3.05, 3.63) is 0 Å². The Morgan fingerprint density at radius 2 is 2.00 bits per heavy atom. The summed E-state index contributed by atoms with van der Waals surface area (Å²) in [7, 11) is -3.01. The molecule has 0 unspecified atom stereocenters. The molecule has 0 radical (unpaired) electrons. The Bertz CT molecular complexity index is 260. The summed E-state index contributed by atoms with van der Waals surface area (Å²) in [4.78, 5) is 0. The molecule has 0 aromatic carbocycles. The van der Waals surface area contributed by atoms with Crippen molar-refractivity contribution in [2.45, 2.75) is 37.9 Å². The number of nitrogens with two attached hydrogens (primary N) is 1. The summed E-state index contributed by atoms with van der Waals surface area (Å²) < 4.78 is 25.3. The molecule has 0 aromatic heterocycles. The number of nitrogens with zero attached hydrogens (tertiary/aromatic N) is 1. The van der Waals surface area contributed by atoms with Crippen LogP contribution in [0.5, 0.6) is 0 Å². The van der Waals surface area contributed by atoms with Gasteiger partial charge < -0.3 is 5.73 Å². The van der Waals surface area contributed by atoms with Gasteiger partial charge in [-0.15, -0.1) is 0 Å². The van der Waals surface area contributed by atoms with Crippen molar-refractivity contribution in [2.24, 2.45) is 5.73 Å². The van der Waals surface area contributed by atoms with E-state index in [1.165, 1.54) is 0 Å². The van der Waals surface area contributed by atoms with E-state index in [0.29, 0.717) is 19.6 Å². The highest BCUT2D eigenvalue weighted by atomic mass is 32.2. The molecule has 0 amide bonds. The first kappa shape index (κ1) is 11.9. The van der Waals surface area contributed by atoms with E-state index in [1.807, 2.05) is 0 Å². The van der Waals surface area contributed by atoms with Crippen LogP contribution in [0.25, 0.3) is 0 Å². The second-order valence-electron chi connectivity index (χ2n) is 3.79. The molecule has 1 fully saturated rings. The molecule has 0 atom stereocenters. The van der Waals surface area contributed by atoms with Crippen molar-refractivity contribution in [1.82, 2.24) is 4.31 Å². The van der Waals surface area contributed by atoms with Crippen LogP contribution in [0.15, 0.2) is 0 Å². The van der Waals surface area contributed by atoms with Crippen molar-refractivity contribution in [3.63, 3.8) is 0 Å². The SMILES string of the molecule is CCCCN(CCN)S(=O)(=O)C1CC1. The smallest absolute Gasteiger partial charge is 0.217 e. The van der Waals surface area contributed by atoms with Crippen LogP contribution in [0.2, 0.25) is 0 Å². The standard InChI is InChI=1S/C9H20N2O2S/c1-2-3-7-11(8-6-10)14(12,13)9-4-5-9/h9H,2-8,10H2,1H3. The molecule has 84 valence electrons. The maximum absolute atomic E-state index is 11.9. The third-order valence-corrected chi connectivity index (χ3v) is 4.84. The van der Waals surface area contributed by atoms with Crippen molar-refractivity contribution in [1.29, 1.82) is 0 Å². The molecule has 0 aromatic rings. The molecule has 1 aliphatic carbocycles. The maximum atomic E-state index is 11.9. The summed E-state index contributed by atoms with van der Waals surface area (Å²) >= 11 is 0. The van der Waals surface area contributed by atoms with Crippen LogP contribution >= 0.6 is 0 Å². The predicted octanol–water partition coefficient (Wildman–Crippen LogP) is 0.539. The average molecular weight is 220 g/mol. The quantitative estimate of drug-likeness (QED) is 0.681. The first-order valence-corrected chi connectivity index (χ1v) is 6.82. The molecule has 2 N–H and O–H groups in total. The lowest BCUT2D eigenvalue weighted by Crippen LogP contribution is -2.38. The van der Waals surface area contributed by atoms with Crippen molar-refractivity contribution >= 4 is 10.0 Å². The van der Waals surface area contributed by atoms with Crippen LogP contribution in [-0.2, 0) is 10.0 Å². The Balaban J connectivity index is 2.55. The van der Waals surface area contributed by atoms with E-state index in [0.717, 1.165) is 25.7 Å². The number of hydrogen-bond acceptors (Lipinski definition) is 3. The van der Waals surface area contributed by atoms with Crippen LogP contribution < -0.4 is 5.73 Å². The summed E-state index contributed by atoms with van der Waals surface area (Å²) in [6.07, 6.45) is 3.60. The molecule has 0 aliphatic heterocycles. The molecule has 14 heavy (non-hydrogen) atoms. The van der Waals surface area contributed by atoms with Gasteiger partial charge in [0.1, 0.15) is 0 Å². The van der Waals surface area contributed by atoms with Gasteiger partial charge in [-0.25, -0.2) is 12.7 Å². The number of rotatable bonds is 7. The Morgan fingerprint density at radius 3 is 2.43 bits per heavy atom. The van der Waals surface area contributed by atoms with Crippen LogP contribution in [0.3, 0.4) is 0 Å². The molecule has 4 nitrogen and oxygen atoms in total. The van der Waals surface area contributed by atoms with Gasteiger partial charge in [0.15, 0.2) is 0 Å². The van der Waals surface area contributed by atoms with Gasteiger partial charge in [0.05, 0.1) is 5.25 Å². The zero-order valence-corrected chi connectivity index (χ0v) is 9.59. The summed E-state index contributed by atoms with van der Waals surface area (Å²) in [6, 6.07) is 0. The summed E-state index contributed by atoms with van der Waals surface area (Å²) in [5.74, 6) is 0. The van der Waals surface area contributed by atoms with Crippen molar-refractivity contribution < 1.29 is 8.42 Å². The van der Waals surface area contributed by atoms with E-state index in [1.54, 1.807) is 4.31 Å². The summed E-state index contributed by atoms with van der Waals surface area (Å²) in [6.45, 7) is 3.57. The maximum Gasteiger partial charge on any atom is 0.217 e. The van der Waals surface area contributed by atoms with Gasteiger partial charge in [-0.05, 0) is 19.3 Å². The molecule has 1 aliphatic rings. The van der Waals surface area contributed by atoms with Gasteiger partial charge in [0.2, 0.25) is 10.0 Å². The third-order valence-electron chi connectivity index (χ3n) is 2.45. The van der Waals surface area contributed by atoms with Crippen molar-refractivity contribution in [2.75, 3.05) is 19.6 Å². The topological polar surface area (TPSA) is 63.4 Å². The number of sulfonamides is 1. The zero-order valence-electron chi connectivity index (χ0n) is 8.78. The van der Waals surface area contributed by atoms with Crippen LogP contribution in [0.4, 0.5) is 0 Å². The molecule has 1 saturated carbocycles.